The number of benzene rings is 4. The van der Waals surface area contributed by atoms with Crippen molar-refractivity contribution in [3.8, 4) is 22.5 Å². The van der Waals surface area contributed by atoms with Crippen LogP contribution in [-0.2, 0) is 39.1 Å². The first kappa shape index (κ1) is 74.2. The zero-order valence-electron chi connectivity index (χ0n) is 55.6. The van der Waals surface area contributed by atoms with E-state index in [1.54, 1.807) is 123 Å². The first-order valence-corrected chi connectivity index (χ1v) is 36.4. The molecule has 3 amide bonds. The van der Waals surface area contributed by atoms with Gasteiger partial charge in [0.15, 0.2) is 0 Å². The highest BCUT2D eigenvalue weighted by Crippen LogP contribution is 2.39. The number of halogens is 3. The largest absolute Gasteiger partial charge is 0.481 e. The number of fused-ring (bicyclic) bond motifs is 2. The highest BCUT2D eigenvalue weighted by atomic mass is 35.5. The predicted octanol–water partition coefficient (Wildman–Crippen LogP) is 13.3. The molecule has 0 unspecified atom stereocenters. The Morgan fingerprint density at radius 1 is 0.551 bits per heavy atom. The van der Waals surface area contributed by atoms with Crippen LogP contribution in [0.1, 0.15) is 119 Å². The van der Waals surface area contributed by atoms with Crippen LogP contribution in [0, 0.1) is 11.8 Å². The lowest BCUT2D eigenvalue weighted by atomic mass is 9.90. The van der Waals surface area contributed by atoms with Crippen molar-refractivity contribution < 1.29 is 50.6 Å². The number of para-hydroxylation sites is 2. The number of anilines is 2. The molecule has 6 atom stereocenters. The number of nitrogens with two attached hydrogens (primary N) is 1. The summed E-state index contributed by atoms with van der Waals surface area (Å²) in [5.41, 5.74) is 8.15. The number of aromatic nitrogens is 6. The van der Waals surface area contributed by atoms with Crippen molar-refractivity contribution in [2.45, 2.75) is 164 Å². The number of ether oxygens (including phenoxy) is 2. The molecule has 28 heteroatoms. The quantitative estimate of drug-likeness (QED) is 0.0716. The van der Waals surface area contributed by atoms with E-state index in [1.807, 2.05) is 51.1 Å². The van der Waals surface area contributed by atoms with Gasteiger partial charge in [-0.3, -0.25) is 9.59 Å². The maximum atomic E-state index is 13.6. The highest BCUT2D eigenvalue weighted by molar-refractivity contribution is 7.90. The van der Waals surface area contributed by atoms with E-state index in [9.17, 15) is 36.0 Å². The molecule has 4 aromatic carbocycles. The summed E-state index contributed by atoms with van der Waals surface area (Å²) in [6.07, 6.45) is 15.5. The molecular formula is C70H85Cl3N12O11S2. The number of amides is 3. The van der Waals surface area contributed by atoms with Crippen LogP contribution >= 0.6 is 35.6 Å². The maximum Gasteiger partial charge on any atom is 0.410 e. The number of nitrogens with one attached hydrogen (secondary N) is 3. The molecule has 0 bridgehead atoms. The minimum Gasteiger partial charge on any atom is -0.481 e. The van der Waals surface area contributed by atoms with Crippen LogP contribution in [0.5, 0.6) is 0 Å². The van der Waals surface area contributed by atoms with Crippen LogP contribution in [0.2, 0.25) is 10.0 Å². The first-order chi connectivity index (χ1) is 46.1. The molecule has 12 rings (SSSR count). The first-order valence-electron chi connectivity index (χ1n) is 32.8. The fraction of sp³-hybridized carbons (Fsp3) is 0.429. The third-order valence-electron chi connectivity index (χ3n) is 17.2. The molecule has 2 saturated heterocycles. The number of likely N-dealkylation sites (tertiary alicyclic amines) is 2. The molecule has 4 fully saturated rings. The maximum absolute atomic E-state index is 13.6. The Labute approximate surface area is 588 Å². The van der Waals surface area contributed by atoms with Gasteiger partial charge in [-0.2, -0.15) is 0 Å². The van der Waals surface area contributed by atoms with Gasteiger partial charge in [0.25, 0.3) is 20.0 Å². The average Bonchev–Trinajstić information content (AvgIpc) is 1.60. The van der Waals surface area contributed by atoms with Gasteiger partial charge < -0.3 is 46.1 Å². The van der Waals surface area contributed by atoms with E-state index in [0.29, 0.717) is 93.4 Å². The number of aliphatic carboxylic acids is 1. The number of carbonyl (C=O) groups is 4. The standard InChI is InChI=1S/C35H41ClN6O5S.C24H24ClN5O2S.C11H19NO4.ClH/c1-35(2,3)47-34(44)41-18-10-11-23(21-41)32(43)38-24-12-9-13-25(19-24)39-33-37-20-29(36)31(40-33)28-22-42(30-17-8-7-16-27(28)30)48(45,46)26-14-5-4-6-15-26;25-21-14-27-24(28-17-8-6-7-16(26)13-17)29-23(21)20-15-30(22-12-5-4-11-19(20)22)33(31,32)18-9-2-1-3-10-18;1-11(2,3)16-10(15)12-6-4-5-8(7-12)9(13)14;/h4-8,14-17,20,22-25H,9-13,18-19,21H2,1-3H3,(H,38,43)(H,37,39,40);1-5,9-12,14-17H,6-8,13,26H2,(H,27,28,29);8H,4-7H2,1-3H3,(H,13,14);1H/t23-,24+,25-;16-,17+;8-;/m101./s1. The zero-order chi connectivity index (χ0) is 69.4. The number of carboxylic acids is 1. The van der Waals surface area contributed by atoms with E-state index in [4.69, 9.17) is 48.5 Å². The van der Waals surface area contributed by atoms with Crippen molar-refractivity contribution in [3.05, 3.63) is 144 Å². The Bertz CT molecular complexity index is 4360. The van der Waals surface area contributed by atoms with Gasteiger partial charge in [-0.1, -0.05) is 96.0 Å². The van der Waals surface area contributed by atoms with Crippen molar-refractivity contribution >= 4 is 113 Å². The lowest BCUT2D eigenvalue weighted by molar-refractivity contribution is -0.143. The van der Waals surface area contributed by atoms with E-state index in [0.717, 1.165) is 69.6 Å². The molecule has 6 N–H and O–H groups in total. The summed E-state index contributed by atoms with van der Waals surface area (Å²) >= 11 is 13.1. The Morgan fingerprint density at radius 3 is 1.41 bits per heavy atom. The van der Waals surface area contributed by atoms with E-state index in [-0.39, 0.29) is 70.8 Å². The van der Waals surface area contributed by atoms with E-state index in [2.05, 4.69) is 30.9 Å². The Morgan fingerprint density at radius 2 is 0.959 bits per heavy atom. The van der Waals surface area contributed by atoms with Crippen LogP contribution < -0.4 is 21.7 Å². The third-order valence-corrected chi connectivity index (χ3v) is 21.2. The van der Waals surface area contributed by atoms with Crippen molar-refractivity contribution in [1.82, 2.24) is 43.0 Å². The molecule has 2 saturated carbocycles. The number of hydrogen-bond donors (Lipinski definition) is 5. The van der Waals surface area contributed by atoms with Crippen LogP contribution in [0.4, 0.5) is 21.5 Å². The molecule has 4 aromatic heterocycles. The second-order valence-electron chi connectivity index (χ2n) is 27.0. The van der Waals surface area contributed by atoms with Crippen LogP contribution in [0.3, 0.4) is 0 Å². The monoisotopic (exact) mass is 1440 g/mol. The summed E-state index contributed by atoms with van der Waals surface area (Å²) < 4.78 is 67.4. The van der Waals surface area contributed by atoms with Gasteiger partial charge in [0, 0.05) is 84.6 Å². The molecule has 23 nitrogen and oxygen atoms in total. The summed E-state index contributed by atoms with van der Waals surface area (Å²) in [6, 6.07) is 31.5. The molecule has 8 aromatic rings. The number of carbonyl (C=O) groups excluding carboxylic acids is 3. The number of piperidine rings is 2. The number of nitrogens with zero attached hydrogens (tertiary/aromatic N) is 8. The topological polar surface area (TPSA) is 305 Å². The second kappa shape index (κ2) is 31.8. The minimum atomic E-state index is -3.88. The fourth-order valence-corrected chi connectivity index (χ4v) is 15.8. The zero-order valence-corrected chi connectivity index (χ0v) is 59.6. The summed E-state index contributed by atoms with van der Waals surface area (Å²) in [5.74, 6) is -0.796. The lowest BCUT2D eigenvalue weighted by Gasteiger charge is -2.35. The van der Waals surface area contributed by atoms with Gasteiger partial charge in [0.1, 0.15) is 11.2 Å². The average molecular weight is 1440 g/mol. The van der Waals surface area contributed by atoms with Crippen molar-refractivity contribution in [1.29, 1.82) is 0 Å². The molecule has 0 radical (unpaired) electrons. The van der Waals surface area contributed by atoms with Gasteiger partial charge in [-0.25, -0.2) is 54.3 Å². The third kappa shape index (κ3) is 18.4. The molecule has 2 aliphatic heterocycles. The Kier molecular flexibility index (Phi) is 24.1. The normalized spacial score (nSPS) is 19.9. The minimum absolute atomic E-state index is 0. The molecule has 4 aliphatic rings. The SMILES string of the molecule is CC(C)(C)OC(=O)N1CCC[C@@H](C(=O)N[C@H]2CCC[C@@H](Nc3ncc(Cl)c(-c4cn(S(=O)(=O)c5ccccc5)c5ccccc45)n3)C2)C1.CC(C)(C)OC(=O)N1CCC[C@@H](C(=O)O)C1.Cl.N[C@H]1CCC[C@@H](Nc2ncc(Cl)c(-c3cn(S(=O)(=O)c4ccccc4)c4ccccc34)n2)C1. The summed E-state index contributed by atoms with van der Waals surface area (Å²) in [6.45, 7) is 12.7. The Hall–Kier alpha value is -8.07. The fourth-order valence-electron chi connectivity index (χ4n) is 12.6. The summed E-state index contributed by atoms with van der Waals surface area (Å²) in [4.78, 5) is 70.2. The Balaban J connectivity index is 0.000000193. The molecule has 98 heavy (non-hydrogen) atoms. The van der Waals surface area contributed by atoms with E-state index in [1.165, 1.54) is 19.0 Å². The van der Waals surface area contributed by atoms with Crippen molar-refractivity contribution in [2.24, 2.45) is 17.6 Å². The molecule has 2 aliphatic carbocycles. The van der Waals surface area contributed by atoms with Crippen molar-refractivity contribution in [2.75, 3.05) is 36.8 Å². The van der Waals surface area contributed by atoms with Gasteiger partial charge in [-0.15, -0.1) is 12.4 Å². The number of rotatable bonds is 13. The number of carboxylic acid groups (broad SMARTS) is 1. The molecular weight excluding hydrogens is 1360 g/mol. The molecule has 0 spiro atoms. The predicted molar refractivity (Wildman–Crippen MR) is 382 cm³/mol. The van der Waals surface area contributed by atoms with Gasteiger partial charge in [-0.05, 0) is 155 Å². The van der Waals surface area contributed by atoms with Crippen LogP contribution in [0.15, 0.2) is 144 Å². The summed E-state index contributed by atoms with van der Waals surface area (Å²) in [5, 5.41) is 21.0. The second-order valence-corrected chi connectivity index (χ2v) is 31.4. The molecule has 524 valence electrons. The molecule has 6 heterocycles. The van der Waals surface area contributed by atoms with Crippen molar-refractivity contribution in [3.63, 3.8) is 0 Å². The smallest absolute Gasteiger partial charge is 0.410 e. The van der Waals surface area contributed by atoms with Gasteiger partial charge in [0.05, 0.1) is 66.5 Å². The van der Waals surface area contributed by atoms with E-state index >= 15 is 0 Å². The van der Waals surface area contributed by atoms with Crippen LogP contribution in [0.25, 0.3) is 44.3 Å². The van der Waals surface area contributed by atoms with Gasteiger partial charge in [0.2, 0.25) is 17.8 Å². The van der Waals surface area contributed by atoms with Crippen LogP contribution in [-0.4, -0.2) is 145 Å². The summed E-state index contributed by atoms with van der Waals surface area (Å²) in [7, 11) is -7.69. The highest BCUT2D eigenvalue weighted by Gasteiger charge is 2.35. The van der Waals surface area contributed by atoms with Gasteiger partial charge >= 0.3 is 18.2 Å². The number of hydrogen-bond acceptors (Lipinski definition) is 17. The lowest BCUT2D eigenvalue weighted by Crippen LogP contribution is -2.50. The van der Waals surface area contributed by atoms with E-state index < -0.39 is 49.2 Å².